The van der Waals surface area contributed by atoms with Gasteiger partial charge in [-0.2, -0.15) is 0 Å². The molecule has 6 nitrogen and oxygen atoms in total. The maximum Gasteiger partial charge on any atom is 0.226 e. The summed E-state index contributed by atoms with van der Waals surface area (Å²) in [7, 11) is 0. The van der Waals surface area contributed by atoms with E-state index in [2.05, 4.69) is 37.9 Å². The van der Waals surface area contributed by atoms with Crippen LogP contribution in [-0.2, 0) is 13.1 Å². The Morgan fingerprint density at radius 3 is 2.54 bits per heavy atom. The molecule has 0 spiro atoms. The van der Waals surface area contributed by atoms with Gasteiger partial charge in [-0.05, 0) is 13.0 Å². The van der Waals surface area contributed by atoms with Crippen LogP contribution in [0.4, 0.5) is 5.95 Å². The number of fused-ring (bicyclic) bond motifs is 2. The summed E-state index contributed by atoms with van der Waals surface area (Å²) in [5.74, 6) is 2.67. The molecule has 0 aliphatic carbocycles. The number of aromatic nitrogens is 5. The number of rotatable bonds is 2. The van der Waals surface area contributed by atoms with Gasteiger partial charge in [0, 0.05) is 24.0 Å². The van der Waals surface area contributed by atoms with Crippen molar-refractivity contribution in [2.45, 2.75) is 20.0 Å². The van der Waals surface area contributed by atoms with Crippen LogP contribution in [0.15, 0.2) is 54.6 Å². The van der Waals surface area contributed by atoms with E-state index >= 15 is 0 Å². The fraction of sp³-hybridized carbons (Fsp3) is 0.200. The van der Waals surface area contributed by atoms with Gasteiger partial charge >= 0.3 is 0 Å². The molecule has 0 amide bonds. The molecule has 0 saturated carbocycles. The monoisotopic (exact) mass is 342 g/mol. The van der Waals surface area contributed by atoms with Crippen LogP contribution < -0.4 is 4.90 Å². The highest BCUT2D eigenvalue weighted by Crippen LogP contribution is 2.29. The SMILES string of the molecule is Cc1nnc2n1CCN(c1nc(-c3ccccc3)c3ccccc3n1)C2. The number of nitrogens with zero attached hydrogens (tertiary/aromatic N) is 6. The lowest BCUT2D eigenvalue weighted by Crippen LogP contribution is -2.35. The minimum absolute atomic E-state index is 0.674. The average molecular weight is 342 g/mol. The van der Waals surface area contributed by atoms with E-state index in [4.69, 9.17) is 9.97 Å². The number of aryl methyl sites for hydroxylation is 1. The van der Waals surface area contributed by atoms with Crippen LogP contribution in [-0.4, -0.2) is 31.3 Å². The Morgan fingerprint density at radius 2 is 1.65 bits per heavy atom. The standard InChI is InChI=1S/C20H18N6/c1-14-23-24-18-13-25(11-12-26(14)18)20-21-17-10-6-5-9-16(17)19(22-20)15-7-3-2-4-8-15/h2-10H,11-13H2,1H3. The van der Waals surface area contributed by atoms with Gasteiger partial charge in [0.15, 0.2) is 5.82 Å². The Kier molecular flexibility index (Phi) is 3.41. The van der Waals surface area contributed by atoms with Gasteiger partial charge in [0.25, 0.3) is 0 Å². The van der Waals surface area contributed by atoms with E-state index in [-0.39, 0.29) is 0 Å². The second-order valence-electron chi connectivity index (χ2n) is 6.49. The third kappa shape index (κ3) is 2.42. The molecule has 2 aromatic heterocycles. The predicted molar refractivity (Wildman–Crippen MR) is 101 cm³/mol. The van der Waals surface area contributed by atoms with Crippen LogP contribution in [0.1, 0.15) is 11.6 Å². The molecule has 0 fully saturated rings. The smallest absolute Gasteiger partial charge is 0.226 e. The molecule has 5 rings (SSSR count). The molecule has 4 aromatic rings. The zero-order chi connectivity index (χ0) is 17.5. The highest BCUT2D eigenvalue weighted by atomic mass is 15.4. The summed E-state index contributed by atoms with van der Waals surface area (Å²) in [6.45, 7) is 4.36. The first-order valence-corrected chi connectivity index (χ1v) is 8.75. The fourth-order valence-electron chi connectivity index (χ4n) is 3.50. The van der Waals surface area contributed by atoms with Crippen molar-refractivity contribution in [2.75, 3.05) is 11.4 Å². The van der Waals surface area contributed by atoms with E-state index in [0.29, 0.717) is 6.54 Å². The van der Waals surface area contributed by atoms with Crippen molar-refractivity contribution in [1.82, 2.24) is 24.7 Å². The maximum atomic E-state index is 4.93. The second-order valence-corrected chi connectivity index (χ2v) is 6.49. The quantitative estimate of drug-likeness (QED) is 0.560. The lowest BCUT2D eigenvalue weighted by atomic mass is 10.1. The summed E-state index contributed by atoms with van der Waals surface area (Å²) >= 11 is 0. The molecular weight excluding hydrogens is 324 g/mol. The van der Waals surface area contributed by atoms with E-state index in [1.54, 1.807) is 0 Å². The number of para-hydroxylation sites is 1. The van der Waals surface area contributed by atoms with E-state index in [1.807, 2.05) is 43.3 Å². The summed E-state index contributed by atoms with van der Waals surface area (Å²) in [6, 6.07) is 18.5. The molecular formula is C20H18N6. The zero-order valence-electron chi connectivity index (χ0n) is 14.5. The van der Waals surface area contributed by atoms with Crippen LogP contribution in [0.25, 0.3) is 22.2 Å². The average Bonchev–Trinajstić information content (AvgIpc) is 3.08. The van der Waals surface area contributed by atoms with Gasteiger partial charge in [0.05, 0.1) is 17.8 Å². The molecule has 0 radical (unpaired) electrons. The molecule has 0 unspecified atom stereocenters. The molecule has 1 aliphatic rings. The molecule has 1 aliphatic heterocycles. The van der Waals surface area contributed by atoms with Crippen LogP contribution >= 0.6 is 0 Å². The second kappa shape index (κ2) is 5.91. The molecule has 128 valence electrons. The third-order valence-electron chi connectivity index (χ3n) is 4.86. The van der Waals surface area contributed by atoms with Gasteiger partial charge < -0.3 is 9.47 Å². The highest BCUT2D eigenvalue weighted by molar-refractivity contribution is 5.93. The van der Waals surface area contributed by atoms with Gasteiger partial charge in [0.2, 0.25) is 5.95 Å². The Labute approximate surface area is 151 Å². The van der Waals surface area contributed by atoms with Crippen molar-refractivity contribution in [3.05, 3.63) is 66.2 Å². The van der Waals surface area contributed by atoms with Crippen LogP contribution in [0.2, 0.25) is 0 Å². The van der Waals surface area contributed by atoms with E-state index < -0.39 is 0 Å². The van der Waals surface area contributed by atoms with Crippen LogP contribution in [0, 0.1) is 6.92 Å². The van der Waals surface area contributed by atoms with Gasteiger partial charge in [-0.15, -0.1) is 10.2 Å². The van der Waals surface area contributed by atoms with Crippen molar-refractivity contribution >= 4 is 16.9 Å². The first-order chi connectivity index (χ1) is 12.8. The number of anilines is 1. The lowest BCUT2D eigenvalue weighted by Gasteiger charge is -2.28. The molecule has 2 aromatic carbocycles. The fourth-order valence-corrected chi connectivity index (χ4v) is 3.50. The summed E-state index contributed by atoms with van der Waals surface area (Å²) in [6.07, 6.45) is 0. The number of hydrogen-bond acceptors (Lipinski definition) is 5. The Balaban J connectivity index is 1.63. The van der Waals surface area contributed by atoms with Crippen molar-refractivity contribution < 1.29 is 0 Å². The Morgan fingerprint density at radius 1 is 0.846 bits per heavy atom. The minimum atomic E-state index is 0.674. The summed E-state index contributed by atoms with van der Waals surface area (Å²) in [5, 5.41) is 9.55. The van der Waals surface area contributed by atoms with Gasteiger partial charge in [0.1, 0.15) is 5.82 Å². The molecule has 6 heteroatoms. The van der Waals surface area contributed by atoms with Gasteiger partial charge in [-0.25, -0.2) is 9.97 Å². The van der Waals surface area contributed by atoms with Crippen LogP contribution in [0.5, 0.6) is 0 Å². The van der Waals surface area contributed by atoms with E-state index in [1.165, 1.54) is 0 Å². The Bertz CT molecular complexity index is 1090. The summed E-state index contributed by atoms with van der Waals surface area (Å²) in [5.41, 5.74) is 3.03. The van der Waals surface area contributed by atoms with Crippen molar-refractivity contribution in [3.63, 3.8) is 0 Å². The predicted octanol–water partition coefficient (Wildman–Crippen LogP) is 3.22. The lowest BCUT2D eigenvalue weighted by molar-refractivity contribution is 0.544. The maximum absolute atomic E-state index is 4.93. The summed E-state index contributed by atoms with van der Waals surface area (Å²) < 4.78 is 2.16. The molecule has 0 atom stereocenters. The Hall–Kier alpha value is -3.28. The summed E-state index contributed by atoms with van der Waals surface area (Å²) in [4.78, 5) is 11.9. The van der Waals surface area contributed by atoms with E-state index in [0.717, 1.165) is 52.8 Å². The van der Waals surface area contributed by atoms with Crippen LogP contribution in [0.3, 0.4) is 0 Å². The van der Waals surface area contributed by atoms with Gasteiger partial charge in [-0.1, -0.05) is 48.5 Å². The normalized spacial score (nSPS) is 13.8. The topological polar surface area (TPSA) is 59.7 Å². The first-order valence-electron chi connectivity index (χ1n) is 8.75. The molecule has 0 saturated heterocycles. The largest absolute Gasteiger partial charge is 0.331 e. The van der Waals surface area contributed by atoms with Crippen molar-refractivity contribution in [3.8, 4) is 11.3 Å². The van der Waals surface area contributed by atoms with Gasteiger partial charge in [-0.3, -0.25) is 0 Å². The molecule has 26 heavy (non-hydrogen) atoms. The number of hydrogen-bond donors (Lipinski definition) is 0. The molecule has 0 N–H and O–H groups in total. The first kappa shape index (κ1) is 15.0. The zero-order valence-corrected chi connectivity index (χ0v) is 14.5. The molecule has 0 bridgehead atoms. The minimum Gasteiger partial charge on any atom is -0.331 e. The van der Waals surface area contributed by atoms with Crippen molar-refractivity contribution in [2.24, 2.45) is 0 Å². The third-order valence-corrected chi connectivity index (χ3v) is 4.86. The number of benzene rings is 2. The van der Waals surface area contributed by atoms with E-state index in [9.17, 15) is 0 Å². The molecule has 3 heterocycles. The highest BCUT2D eigenvalue weighted by Gasteiger charge is 2.22. The van der Waals surface area contributed by atoms with Crippen molar-refractivity contribution in [1.29, 1.82) is 0 Å².